The Bertz CT molecular complexity index is 729. The van der Waals surface area contributed by atoms with Crippen molar-refractivity contribution in [2.45, 2.75) is 0 Å². The van der Waals surface area contributed by atoms with E-state index in [9.17, 15) is 4.57 Å². The number of aromatic nitrogens is 1. The van der Waals surface area contributed by atoms with E-state index in [-0.39, 0.29) is 0 Å². The normalized spacial score (nSPS) is 13.6. The molecule has 21 heavy (non-hydrogen) atoms. The summed E-state index contributed by atoms with van der Waals surface area (Å²) in [5.41, 5.74) is 0. The number of benzene rings is 2. The summed E-state index contributed by atoms with van der Waals surface area (Å²) in [5, 5.41) is 2.38. The molecule has 0 N–H and O–H groups in total. The fourth-order valence-corrected chi connectivity index (χ4v) is 5.12. The molecule has 1 unspecified atom stereocenters. The minimum absolute atomic E-state index is 0.749. The number of hydrogen-bond acceptors (Lipinski definition) is 2. The lowest BCUT2D eigenvalue weighted by Crippen LogP contribution is -2.25. The Hall–Kier alpha value is -1.70. The predicted octanol–water partition coefficient (Wildman–Crippen LogP) is 3.48. The molecule has 1 heterocycles. The maximum Gasteiger partial charge on any atom is 0.172 e. The molecule has 0 spiro atoms. The molecule has 0 aliphatic carbocycles. The van der Waals surface area contributed by atoms with Crippen LogP contribution in [0.4, 0.5) is 0 Å². The molecule has 0 aliphatic heterocycles. The summed E-state index contributed by atoms with van der Waals surface area (Å²) in [6, 6.07) is 20.9. The molecule has 0 aliphatic rings. The van der Waals surface area contributed by atoms with Crippen molar-refractivity contribution in [3.63, 3.8) is 0 Å². The smallest absolute Gasteiger partial charge is 0.172 e. The number of pyridine rings is 1. The summed E-state index contributed by atoms with van der Waals surface area (Å²) in [5.74, 6) is 0. The van der Waals surface area contributed by atoms with E-state index in [1.807, 2.05) is 66.7 Å². The largest absolute Gasteiger partial charge is 0.309 e. The van der Waals surface area contributed by atoms with E-state index >= 15 is 0 Å². The topological polar surface area (TPSA) is 30.0 Å². The van der Waals surface area contributed by atoms with Crippen LogP contribution in [0.2, 0.25) is 0 Å². The third kappa shape index (κ3) is 2.72. The maximum atomic E-state index is 13.9. The van der Waals surface area contributed by atoms with Crippen LogP contribution in [0.1, 0.15) is 0 Å². The summed E-state index contributed by atoms with van der Waals surface area (Å²) in [6.45, 7) is 0. The van der Waals surface area contributed by atoms with E-state index in [1.165, 1.54) is 0 Å². The molecule has 2 nitrogen and oxygen atoms in total. The standard InChI is InChI=1S/C17H13BrNOP/c18-14-8-10-16(11-9-14)21(20,15-5-2-1-3-6-15)17-7-4-12-19-13-17/h1-13H. The van der Waals surface area contributed by atoms with Crippen LogP contribution in [0.25, 0.3) is 0 Å². The third-order valence-corrected chi connectivity index (χ3v) is 6.89. The van der Waals surface area contributed by atoms with E-state index in [2.05, 4.69) is 20.9 Å². The Morgan fingerprint density at radius 1 is 0.762 bits per heavy atom. The Kier molecular flexibility index (Phi) is 4.05. The van der Waals surface area contributed by atoms with Gasteiger partial charge in [-0.05, 0) is 36.4 Å². The average molecular weight is 358 g/mol. The van der Waals surface area contributed by atoms with Crippen molar-refractivity contribution >= 4 is 39.0 Å². The summed E-state index contributed by atoms with van der Waals surface area (Å²) in [7, 11) is -2.88. The van der Waals surface area contributed by atoms with Crippen LogP contribution in [0.3, 0.4) is 0 Å². The fraction of sp³-hybridized carbons (Fsp3) is 0. The van der Waals surface area contributed by atoms with Crippen LogP contribution in [-0.4, -0.2) is 4.98 Å². The second-order valence-corrected chi connectivity index (χ2v) is 8.32. The van der Waals surface area contributed by atoms with Gasteiger partial charge in [-0.1, -0.05) is 46.3 Å². The first-order valence-electron chi connectivity index (χ1n) is 6.53. The zero-order valence-electron chi connectivity index (χ0n) is 11.2. The van der Waals surface area contributed by atoms with E-state index in [0.29, 0.717) is 0 Å². The number of nitrogens with zero attached hydrogens (tertiary/aromatic N) is 1. The lowest BCUT2D eigenvalue weighted by molar-refractivity contribution is 0.592. The second kappa shape index (κ2) is 5.97. The van der Waals surface area contributed by atoms with Gasteiger partial charge < -0.3 is 4.57 Å². The lowest BCUT2D eigenvalue weighted by Gasteiger charge is -2.19. The van der Waals surface area contributed by atoms with E-state index in [0.717, 1.165) is 20.4 Å². The van der Waals surface area contributed by atoms with Crippen LogP contribution in [-0.2, 0) is 4.57 Å². The lowest BCUT2D eigenvalue weighted by atomic mass is 10.4. The molecule has 0 bridgehead atoms. The van der Waals surface area contributed by atoms with Crippen molar-refractivity contribution in [2.24, 2.45) is 0 Å². The van der Waals surface area contributed by atoms with E-state index in [4.69, 9.17) is 0 Å². The van der Waals surface area contributed by atoms with Crippen molar-refractivity contribution in [3.05, 3.63) is 83.6 Å². The summed E-state index contributed by atoms with van der Waals surface area (Å²) < 4.78 is 14.8. The summed E-state index contributed by atoms with van der Waals surface area (Å²) in [6.07, 6.45) is 3.39. The predicted molar refractivity (Wildman–Crippen MR) is 91.3 cm³/mol. The first-order valence-corrected chi connectivity index (χ1v) is 9.03. The van der Waals surface area contributed by atoms with Crippen LogP contribution < -0.4 is 15.9 Å². The first kappa shape index (κ1) is 14.2. The van der Waals surface area contributed by atoms with Crippen molar-refractivity contribution in [1.29, 1.82) is 0 Å². The molecule has 0 saturated carbocycles. The Labute approximate surface area is 132 Å². The number of hydrogen-bond donors (Lipinski definition) is 0. The van der Waals surface area contributed by atoms with Gasteiger partial charge in [0.15, 0.2) is 7.14 Å². The van der Waals surface area contributed by atoms with Crippen LogP contribution in [0.5, 0.6) is 0 Å². The quantitative estimate of drug-likeness (QED) is 0.671. The van der Waals surface area contributed by atoms with Gasteiger partial charge in [0, 0.05) is 32.8 Å². The van der Waals surface area contributed by atoms with E-state index < -0.39 is 7.14 Å². The molecule has 0 saturated heterocycles. The number of halogens is 1. The van der Waals surface area contributed by atoms with Gasteiger partial charge in [-0.25, -0.2) is 0 Å². The zero-order chi connectivity index (χ0) is 14.7. The monoisotopic (exact) mass is 357 g/mol. The minimum atomic E-state index is -2.88. The molecule has 3 aromatic rings. The SMILES string of the molecule is O=P(c1ccccc1)(c1ccc(Br)cc1)c1cccnc1. The van der Waals surface area contributed by atoms with Gasteiger partial charge in [-0.3, -0.25) is 4.98 Å². The molecule has 1 atom stereocenters. The second-order valence-electron chi connectivity index (χ2n) is 4.63. The Morgan fingerprint density at radius 3 is 2.00 bits per heavy atom. The molecule has 4 heteroatoms. The fourth-order valence-electron chi connectivity index (χ4n) is 2.28. The van der Waals surface area contributed by atoms with Crippen molar-refractivity contribution in [1.82, 2.24) is 4.98 Å². The Balaban J connectivity index is 2.26. The minimum Gasteiger partial charge on any atom is -0.309 e. The highest BCUT2D eigenvalue weighted by molar-refractivity contribution is 9.10. The van der Waals surface area contributed by atoms with Gasteiger partial charge in [0.1, 0.15) is 0 Å². The molecule has 104 valence electrons. The highest BCUT2D eigenvalue weighted by Crippen LogP contribution is 2.42. The van der Waals surface area contributed by atoms with Crippen LogP contribution in [0.15, 0.2) is 83.6 Å². The van der Waals surface area contributed by atoms with Crippen LogP contribution >= 0.6 is 23.1 Å². The molecule has 0 fully saturated rings. The Morgan fingerprint density at radius 2 is 1.38 bits per heavy atom. The molecule has 0 radical (unpaired) electrons. The molecule has 2 aromatic carbocycles. The third-order valence-electron chi connectivity index (χ3n) is 3.32. The van der Waals surface area contributed by atoms with Crippen molar-refractivity contribution < 1.29 is 4.57 Å². The molecule has 3 rings (SSSR count). The summed E-state index contributed by atoms with van der Waals surface area (Å²) >= 11 is 3.42. The maximum absolute atomic E-state index is 13.9. The van der Waals surface area contributed by atoms with Gasteiger partial charge in [-0.2, -0.15) is 0 Å². The molecular formula is C17H13BrNOP. The zero-order valence-corrected chi connectivity index (χ0v) is 13.7. The highest BCUT2D eigenvalue weighted by atomic mass is 79.9. The number of rotatable bonds is 3. The summed E-state index contributed by atoms with van der Waals surface area (Å²) in [4.78, 5) is 4.14. The van der Waals surface area contributed by atoms with E-state index in [1.54, 1.807) is 12.4 Å². The highest BCUT2D eigenvalue weighted by Gasteiger charge is 2.29. The van der Waals surface area contributed by atoms with Gasteiger partial charge in [0.2, 0.25) is 0 Å². The van der Waals surface area contributed by atoms with Gasteiger partial charge in [-0.15, -0.1) is 0 Å². The molecule has 1 aromatic heterocycles. The molecular weight excluding hydrogens is 345 g/mol. The van der Waals surface area contributed by atoms with Crippen molar-refractivity contribution in [2.75, 3.05) is 0 Å². The molecule has 0 amide bonds. The average Bonchev–Trinajstić information content (AvgIpc) is 2.56. The first-order chi connectivity index (χ1) is 10.2. The van der Waals surface area contributed by atoms with Gasteiger partial charge in [0.05, 0.1) is 0 Å². The van der Waals surface area contributed by atoms with Gasteiger partial charge in [0.25, 0.3) is 0 Å². The van der Waals surface area contributed by atoms with Crippen LogP contribution in [0, 0.1) is 0 Å². The van der Waals surface area contributed by atoms with Crippen molar-refractivity contribution in [3.8, 4) is 0 Å². The van der Waals surface area contributed by atoms with Gasteiger partial charge >= 0.3 is 0 Å².